The van der Waals surface area contributed by atoms with Crippen LogP contribution in [0.5, 0.6) is 5.75 Å². The van der Waals surface area contributed by atoms with Crippen LogP contribution in [0.15, 0.2) is 77.9 Å². The number of amides is 3. The number of carbonyl (C=O) groups excluding carboxylic acids is 2. The number of rotatable bonds is 11. The number of benzene rings is 3. The predicted octanol–water partition coefficient (Wildman–Crippen LogP) is 5.84. The first-order valence-electron chi connectivity index (χ1n) is 12.6. The zero-order valence-corrected chi connectivity index (χ0v) is 22.2. The second kappa shape index (κ2) is 13.1. The Hall–Kier alpha value is -4.45. The first-order chi connectivity index (χ1) is 18.9. The zero-order valence-electron chi connectivity index (χ0n) is 22.2. The smallest absolute Gasteiger partial charge is 0.406 e. The summed E-state index contributed by atoms with van der Waals surface area (Å²) < 4.78 is 41.3. The first-order valence-corrected chi connectivity index (χ1v) is 12.6. The summed E-state index contributed by atoms with van der Waals surface area (Å²) in [6, 6.07) is 18.5. The van der Waals surface area contributed by atoms with Crippen LogP contribution >= 0.6 is 0 Å². The second-order valence-corrected chi connectivity index (χ2v) is 9.40. The van der Waals surface area contributed by atoms with Crippen molar-refractivity contribution in [1.82, 2.24) is 5.32 Å². The maximum absolute atomic E-state index is 13.4. The number of nitrogens with one attached hydrogen (secondary N) is 3. The molecule has 9 nitrogen and oxygen atoms in total. The van der Waals surface area contributed by atoms with Crippen LogP contribution in [0.4, 0.5) is 29.3 Å². The number of unbranched alkanes of at least 4 members (excludes halogenated alkanes) is 1. The maximum atomic E-state index is 13.4. The Morgan fingerprint density at radius 1 is 0.975 bits per heavy atom. The molecule has 3 rings (SSSR count). The molecular formula is C28H32F3N6O3+. The first kappa shape index (κ1) is 30.1. The van der Waals surface area contributed by atoms with Gasteiger partial charge >= 0.3 is 12.4 Å². The molecule has 0 aliphatic rings. The summed E-state index contributed by atoms with van der Waals surface area (Å²) in [5.74, 6) is -2.13. The van der Waals surface area contributed by atoms with Crippen molar-refractivity contribution in [1.29, 1.82) is 5.53 Å². The van der Waals surface area contributed by atoms with E-state index in [0.717, 1.165) is 42.5 Å². The standard InChI is InChI=1S/C28H31F3N6O3/c1-3-4-5-19-8-14-23(15-9-19)37(26(39)34-22-12-16-24(17-13-22)40-28(29,30)31)18-20-6-10-21(11-7-20)25(38)35-27(2,32)36-33/h6-17,33H,3-5,18,32H2,1-2H3,(H,34,39)(H,35,38)/p+1. The molecule has 0 bridgehead atoms. The van der Waals surface area contributed by atoms with Crippen molar-refractivity contribution in [2.45, 2.75) is 51.8 Å². The lowest BCUT2D eigenvalue weighted by molar-refractivity contribution is -0.478. The van der Waals surface area contributed by atoms with Crippen LogP contribution in [-0.4, -0.2) is 24.1 Å². The van der Waals surface area contributed by atoms with Crippen molar-refractivity contribution >= 4 is 23.3 Å². The summed E-state index contributed by atoms with van der Waals surface area (Å²) in [6.45, 7) is 3.75. The van der Waals surface area contributed by atoms with Crippen LogP contribution in [0.1, 0.15) is 48.2 Å². The molecule has 212 valence electrons. The number of aryl methyl sites for hydroxylation is 1. The molecule has 12 heteroatoms. The van der Waals surface area contributed by atoms with Gasteiger partial charge in [0, 0.05) is 23.9 Å². The average Bonchev–Trinajstić information content (AvgIpc) is 2.91. The van der Waals surface area contributed by atoms with E-state index in [1.165, 1.54) is 24.0 Å². The van der Waals surface area contributed by atoms with Crippen LogP contribution in [0, 0.1) is 5.53 Å². The summed E-state index contributed by atoms with van der Waals surface area (Å²) in [5.41, 5.74) is 13.9. The van der Waals surface area contributed by atoms with E-state index < -0.39 is 29.8 Å². The number of halogens is 3. The predicted molar refractivity (Wildman–Crippen MR) is 144 cm³/mol. The third-order valence-corrected chi connectivity index (χ3v) is 5.84. The minimum atomic E-state index is -4.81. The summed E-state index contributed by atoms with van der Waals surface area (Å²) in [6.07, 6.45) is -1.80. The fourth-order valence-electron chi connectivity index (χ4n) is 3.72. The molecule has 3 aromatic rings. The van der Waals surface area contributed by atoms with E-state index in [4.69, 9.17) is 5.53 Å². The maximum Gasteiger partial charge on any atom is 0.573 e. The Kier molecular flexibility index (Phi) is 9.83. The van der Waals surface area contributed by atoms with E-state index in [-0.39, 0.29) is 12.2 Å². The Labute approximate surface area is 230 Å². The molecule has 1 unspecified atom stereocenters. The number of carbonyl (C=O) groups is 2. The van der Waals surface area contributed by atoms with Gasteiger partial charge in [-0.15, -0.1) is 18.3 Å². The lowest BCUT2D eigenvalue weighted by atomic mass is 10.1. The highest BCUT2D eigenvalue weighted by Gasteiger charge is 2.31. The molecule has 3 amide bonds. The summed E-state index contributed by atoms with van der Waals surface area (Å²) in [4.78, 5) is 27.3. The number of alkyl halides is 3. The molecule has 0 aromatic heterocycles. The van der Waals surface area contributed by atoms with Crippen molar-refractivity contribution in [3.63, 3.8) is 0 Å². The van der Waals surface area contributed by atoms with Gasteiger partial charge in [-0.3, -0.25) is 15.0 Å². The van der Waals surface area contributed by atoms with E-state index in [1.54, 1.807) is 24.3 Å². The number of anilines is 2. The van der Waals surface area contributed by atoms with Crippen LogP contribution in [-0.2, 0) is 13.0 Å². The molecule has 0 aliphatic carbocycles. The number of quaternary nitrogens is 1. The molecule has 3 aromatic carbocycles. The molecule has 40 heavy (non-hydrogen) atoms. The van der Waals surface area contributed by atoms with Gasteiger partial charge in [-0.25, -0.2) is 10.3 Å². The van der Waals surface area contributed by atoms with Crippen molar-refractivity contribution in [2.24, 2.45) is 5.11 Å². The fraction of sp³-hybridized carbons (Fsp3) is 0.286. The number of hydrogen-bond donors (Lipinski definition) is 4. The normalized spacial score (nSPS) is 12.7. The van der Waals surface area contributed by atoms with Gasteiger partial charge in [0.25, 0.3) is 11.7 Å². The van der Waals surface area contributed by atoms with Gasteiger partial charge in [0.05, 0.1) is 6.54 Å². The van der Waals surface area contributed by atoms with Gasteiger partial charge in [0.15, 0.2) is 0 Å². The Balaban J connectivity index is 1.80. The molecule has 1 atom stereocenters. The van der Waals surface area contributed by atoms with E-state index in [2.05, 4.69) is 33.1 Å². The quantitative estimate of drug-likeness (QED) is 0.174. The summed E-state index contributed by atoms with van der Waals surface area (Å²) in [7, 11) is 0. The highest BCUT2D eigenvalue weighted by atomic mass is 19.4. The van der Waals surface area contributed by atoms with Gasteiger partial charge in [0.2, 0.25) is 0 Å². The molecule has 6 N–H and O–H groups in total. The Bertz CT molecular complexity index is 1290. The largest absolute Gasteiger partial charge is 0.573 e. The number of ether oxygens (including phenoxy) is 1. The monoisotopic (exact) mass is 557 g/mol. The summed E-state index contributed by atoms with van der Waals surface area (Å²) >= 11 is 0. The highest BCUT2D eigenvalue weighted by Crippen LogP contribution is 2.25. The second-order valence-electron chi connectivity index (χ2n) is 9.40. The number of urea groups is 1. The van der Waals surface area contributed by atoms with Crippen molar-refractivity contribution < 1.29 is 33.2 Å². The van der Waals surface area contributed by atoms with Crippen LogP contribution < -0.4 is 26.0 Å². The Morgan fingerprint density at radius 3 is 2.12 bits per heavy atom. The highest BCUT2D eigenvalue weighted by molar-refractivity contribution is 6.01. The van der Waals surface area contributed by atoms with Gasteiger partial charge in [-0.2, -0.15) is 0 Å². The number of nitrogens with zero attached hydrogens (tertiary/aromatic N) is 2. The van der Waals surface area contributed by atoms with Gasteiger partial charge in [-0.1, -0.05) is 37.6 Å². The van der Waals surface area contributed by atoms with Gasteiger partial charge < -0.3 is 15.8 Å². The molecule has 0 radical (unpaired) electrons. The zero-order chi connectivity index (χ0) is 29.3. The molecular weight excluding hydrogens is 525 g/mol. The van der Waals surface area contributed by atoms with Crippen LogP contribution in [0.3, 0.4) is 0 Å². The number of hydrogen-bond acceptors (Lipinski definition) is 5. The Morgan fingerprint density at radius 2 is 1.57 bits per heavy atom. The minimum absolute atomic E-state index is 0.145. The lowest BCUT2D eigenvalue weighted by Crippen LogP contribution is -2.77. The van der Waals surface area contributed by atoms with Gasteiger partial charge in [-0.05, 0) is 72.5 Å². The molecule has 0 saturated heterocycles. The van der Waals surface area contributed by atoms with Crippen molar-refractivity contribution in [3.8, 4) is 5.75 Å². The van der Waals surface area contributed by atoms with E-state index >= 15 is 0 Å². The van der Waals surface area contributed by atoms with Crippen molar-refractivity contribution in [3.05, 3.63) is 89.5 Å². The molecule has 0 fully saturated rings. The molecule has 0 spiro atoms. The van der Waals surface area contributed by atoms with Gasteiger partial charge in [0.1, 0.15) is 5.75 Å². The average molecular weight is 558 g/mol. The molecule has 0 heterocycles. The molecule has 0 aliphatic heterocycles. The fourth-order valence-corrected chi connectivity index (χ4v) is 3.72. The lowest BCUT2D eigenvalue weighted by Gasteiger charge is -2.24. The van der Waals surface area contributed by atoms with E-state index in [9.17, 15) is 22.8 Å². The third-order valence-electron chi connectivity index (χ3n) is 5.84. The van der Waals surface area contributed by atoms with Crippen LogP contribution in [0.25, 0.3) is 0 Å². The minimum Gasteiger partial charge on any atom is -0.406 e. The van der Waals surface area contributed by atoms with Crippen molar-refractivity contribution in [2.75, 3.05) is 10.2 Å². The van der Waals surface area contributed by atoms with E-state index in [1.807, 2.05) is 24.3 Å². The molecule has 0 saturated carbocycles. The van der Waals surface area contributed by atoms with E-state index in [0.29, 0.717) is 11.3 Å². The SMILES string of the molecule is CCCCc1ccc(N(Cc2ccc(C(=O)NC(C)([NH3+])N=N)cc2)C(=O)Nc2ccc(OC(F)(F)F)cc2)cc1. The summed E-state index contributed by atoms with van der Waals surface area (Å²) in [5, 5.41) is 8.52. The van der Waals surface area contributed by atoms with Crippen LogP contribution in [0.2, 0.25) is 0 Å². The third kappa shape index (κ3) is 9.09. The topological polar surface area (TPSA) is 135 Å².